The summed E-state index contributed by atoms with van der Waals surface area (Å²) in [5.41, 5.74) is 3.10. The van der Waals surface area contributed by atoms with E-state index in [-0.39, 0.29) is 6.10 Å². The van der Waals surface area contributed by atoms with E-state index in [1.165, 1.54) is 0 Å². The first kappa shape index (κ1) is 25.0. The molecule has 6 rings (SSSR count). The Morgan fingerprint density at radius 1 is 0.711 bits per heavy atom. The number of rotatable bonds is 6. The van der Waals surface area contributed by atoms with Crippen LogP contribution in [0.2, 0.25) is 0 Å². The molecule has 7 heteroatoms. The number of hydrogen-bond acceptors (Lipinski definition) is 5. The van der Waals surface area contributed by atoms with E-state index in [2.05, 4.69) is 75.8 Å². The average Bonchev–Trinajstić information content (AvgIpc) is 3.06. The molecule has 1 atom stereocenters. The SMILES string of the molecule is COc1ccc(CC(C)OP2(=[Se])Oc3ccc4ccccc4c3-c3c(ccc4ccccc34)O2)cc1OC. The second-order valence-corrected chi connectivity index (χ2v) is 13.5. The van der Waals surface area contributed by atoms with Gasteiger partial charge in [0.2, 0.25) is 0 Å². The molecule has 0 bridgehead atoms. The van der Waals surface area contributed by atoms with Gasteiger partial charge in [0.15, 0.2) is 0 Å². The zero-order valence-corrected chi connectivity index (χ0v) is 23.9. The molecule has 1 aliphatic rings. The summed E-state index contributed by atoms with van der Waals surface area (Å²) in [4.78, 5) is 0. The fourth-order valence-electron chi connectivity index (χ4n) is 5.07. The van der Waals surface area contributed by atoms with E-state index in [0.29, 0.717) is 17.9 Å². The molecule has 5 nitrogen and oxygen atoms in total. The molecule has 0 aromatic heterocycles. The van der Waals surface area contributed by atoms with Gasteiger partial charge in [-0.15, -0.1) is 0 Å². The van der Waals surface area contributed by atoms with Crippen LogP contribution in [0.25, 0.3) is 32.7 Å². The first-order valence-corrected chi connectivity index (χ1v) is 16.2. The minimum atomic E-state index is -2.94. The molecule has 0 aliphatic carbocycles. The van der Waals surface area contributed by atoms with Gasteiger partial charge in [-0.25, -0.2) is 0 Å². The van der Waals surface area contributed by atoms with E-state index in [1.54, 1.807) is 14.2 Å². The third-order valence-electron chi connectivity index (χ3n) is 6.73. The second-order valence-electron chi connectivity index (χ2n) is 9.26. The molecule has 5 aromatic rings. The van der Waals surface area contributed by atoms with Gasteiger partial charge in [-0.2, -0.15) is 0 Å². The van der Waals surface area contributed by atoms with Crippen molar-refractivity contribution in [2.24, 2.45) is 0 Å². The van der Waals surface area contributed by atoms with Crippen molar-refractivity contribution in [3.63, 3.8) is 0 Å². The van der Waals surface area contributed by atoms with Crippen LogP contribution in [0.3, 0.4) is 0 Å². The van der Waals surface area contributed by atoms with Crippen molar-refractivity contribution in [2.75, 3.05) is 14.2 Å². The van der Waals surface area contributed by atoms with Crippen LogP contribution >= 0.6 is 6.19 Å². The van der Waals surface area contributed by atoms with Crippen molar-refractivity contribution < 1.29 is 23.0 Å². The first-order chi connectivity index (χ1) is 18.5. The average molecular weight is 589 g/mol. The molecule has 1 heterocycles. The maximum atomic E-state index is 6.64. The van der Waals surface area contributed by atoms with Crippen molar-refractivity contribution in [2.45, 2.75) is 19.4 Å². The van der Waals surface area contributed by atoms with Crippen LogP contribution in [-0.4, -0.2) is 35.4 Å². The van der Waals surface area contributed by atoms with Crippen LogP contribution in [0, 0.1) is 0 Å². The van der Waals surface area contributed by atoms with E-state index < -0.39 is 6.19 Å². The van der Waals surface area contributed by atoms with Crippen LogP contribution in [0.1, 0.15) is 12.5 Å². The van der Waals surface area contributed by atoms with Crippen molar-refractivity contribution >= 4 is 42.8 Å². The summed E-state index contributed by atoms with van der Waals surface area (Å²) in [6.45, 7) is 2.02. The zero-order valence-electron chi connectivity index (χ0n) is 21.3. The molecule has 0 fully saturated rings. The quantitative estimate of drug-likeness (QED) is 0.149. The number of benzene rings is 5. The monoisotopic (exact) mass is 590 g/mol. The summed E-state index contributed by atoms with van der Waals surface area (Å²) in [5.74, 6) is 2.86. The Morgan fingerprint density at radius 2 is 1.26 bits per heavy atom. The van der Waals surface area contributed by atoms with Crippen LogP contribution in [-0.2, 0) is 10.9 Å². The van der Waals surface area contributed by atoms with Crippen LogP contribution in [0.15, 0.2) is 91.0 Å². The Labute approximate surface area is 229 Å². The van der Waals surface area contributed by atoms with Gasteiger partial charge >= 0.3 is 230 Å². The predicted octanol–water partition coefficient (Wildman–Crippen LogP) is 7.94. The normalized spacial score (nSPS) is 14.5. The molecule has 0 amide bonds. The van der Waals surface area contributed by atoms with Crippen molar-refractivity contribution in [3.05, 3.63) is 96.6 Å². The molecule has 38 heavy (non-hydrogen) atoms. The molecule has 5 aromatic carbocycles. The van der Waals surface area contributed by atoms with Gasteiger partial charge in [-0.05, 0) is 0 Å². The van der Waals surface area contributed by atoms with Crippen LogP contribution < -0.4 is 18.5 Å². The van der Waals surface area contributed by atoms with E-state index in [0.717, 1.165) is 49.7 Å². The van der Waals surface area contributed by atoms with Gasteiger partial charge in [0.25, 0.3) is 0 Å². The van der Waals surface area contributed by atoms with Crippen molar-refractivity contribution in [1.29, 1.82) is 0 Å². The summed E-state index contributed by atoms with van der Waals surface area (Å²) in [6.07, 6.45) is -2.49. The van der Waals surface area contributed by atoms with E-state index in [1.807, 2.05) is 37.3 Å². The summed E-state index contributed by atoms with van der Waals surface area (Å²) in [7, 11) is 3.27. The van der Waals surface area contributed by atoms with E-state index >= 15 is 0 Å². The number of ether oxygens (including phenoxy) is 2. The Hall–Kier alpha value is -3.27. The zero-order chi connectivity index (χ0) is 26.3. The number of methoxy groups -OCH3 is 2. The number of hydrogen-bond donors (Lipinski definition) is 0. The molecule has 0 radical (unpaired) electrons. The maximum absolute atomic E-state index is 6.64. The Balaban J connectivity index is 1.42. The van der Waals surface area contributed by atoms with Crippen LogP contribution in [0.5, 0.6) is 23.0 Å². The molecular weight excluding hydrogens is 562 g/mol. The molecule has 1 unspecified atom stereocenters. The molecule has 0 saturated heterocycles. The van der Waals surface area contributed by atoms with Gasteiger partial charge in [0.05, 0.1) is 0 Å². The fourth-order valence-corrected chi connectivity index (χ4v) is 8.43. The van der Waals surface area contributed by atoms with Crippen molar-refractivity contribution in [3.8, 4) is 34.1 Å². The fraction of sp³-hybridized carbons (Fsp3) is 0.161. The van der Waals surface area contributed by atoms with Gasteiger partial charge < -0.3 is 0 Å². The Morgan fingerprint density at radius 3 is 1.82 bits per heavy atom. The molecule has 192 valence electrons. The van der Waals surface area contributed by atoms with E-state index in [4.69, 9.17) is 23.0 Å². The van der Waals surface area contributed by atoms with Gasteiger partial charge in [0, 0.05) is 0 Å². The minimum absolute atomic E-state index is 0.200. The number of fused-ring (bicyclic) bond motifs is 7. The second kappa shape index (κ2) is 10.1. The predicted molar refractivity (Wildman–Crippen MR) is 155 cm³/mol. The molecule has 0 spiro atoms. The van der Waals surface area contributed by atoms with Crippen molar-refractivity contribution in [1.82, 2.24) is 0 Å². The molecule has 1 aliphatic heterocycles. The van der Waals surface area contributed by atoms with Gasteiger partial charge in [-0.1, -0.05) is 0 Å². The molecule has 0 saturated carbocycles. The molecular formula is C31H27O5PSe. The summed E-state index contributed by atoms with van der Waals surface area (Å²) in [6, 6.07) is 30.8. The Bertz CT molecular complexity index is 1630. The third kappa shape index (κ3) is 4.59. The van der Waals surface area contributed by atoms with E-state index in [9.17, 15) is 0 Å². The standard InChI is InChI=1S/C31H27O5PSe/c1-20(18-21-12-15-26(32-2)29(19-21)33-3)34-37(38)35-27-16-13-22-8-4-6-10-24(22)30(27)31-25-11-7-5-9-23(25)14-17-28(31)36-37/h4-17,19-20H,18H2,1-3H3. The molecule has 0 N–H and O–H groups in total. The summed E-state index contributed by atoms with van der Waals surface area (Å²) >= 11 is 3.17. The van der Waals surface area contributed by atoms with Crippen LogP contribution in [0.4, 0.5) is 0 Å². The summed E-state index contributed by atoms with van der Waals surface area (Å²) < 4.78 is 30.7. The third-order valence-corrected chi connectivity index (χ3v) is 9.67. The topological polar surface area (TPSA) is 46.2 Å². The first-order valence-electron chi connectivity index (χ1n) is 12.4. The summed E-state index contributed by atoms with van der Waals surface area (Å²) in [5, 5.41) is 4.50. The van der Waals surface area contributed by atoms with Gasteiger partial charge in [0.1, 0.15) is 0 Å². The Kier molecular flexibility index (Phi) is 6.67. The van der Waals surface area contributed by atoms with Gasteiger partial charge in [-0.3, -0.25) is 0 Å².